The Labute approximate surface area is 692 Å². The van der Waals surface area contributed by atoms with Crippen LogP contribution in [0, 0.1) is 23.7 Å². The molecular weight excluding hydrogens is 1550 g/mol. The van der Waals surface area contributed by atoms with Crippen LogP contribution in [0.5, 0.6) is 0 Å². The number of likely N-dealkylation sites (tertiary alicyclic amines) is 1. The highest BCUT2D eigenvalue weighted by Gasteiger charge is 2.43. The number of nitrogens with two attached hydrogens (primary N) is 3. The highest BCUT2D eigenvalue weighted by Crippen LogP contribution is 2.22. The second-order valence-electron chi connectivity index (χ2n) is 30.9. The fraction of sp³-hybridized carbons (Fsp3) is 0.580. The molecule has 119 heavy (non-hydrogen) atoms. The maximum atomic E-state index is 14.7. The Hall–Kier alpha value is -11.1. The van der Waals surface area contributed by atoms with E-state index in [0.29, 0.717) is 24.8 Å². The topological polar surface area (TPSA) is 612 Å². The van der Waals surface area contributed by atoms with E-state index in [-0.39, 0.29) is 82.7 Å². The summed E-state index contributed by atoms with van der Waals surface area (Å²) in [5.74, 6) is -17.3. The van der Waals surface area contributed by atoms with Gasteiger partial charge in [-0.05, 0) is 112 Å². The van der Waals surface area contributed by atoms with Crippen LogP contribution in [0.15, 0.2) is 91.0 Å². The summed E-state index contributed by atoms with van der Waals surface area (Å²) in [7, 11) is 0. The summed E-state index contributed by atoms with van der Waals surface area (Å²) in [6.07, 6.45) is 0.509. The molecule has 0 aromatic heterocycles. The maximum absolute atomic E-state index is 14.7. The molecule has 1 aliphatic rings. The predicted octanol–water partition coefficient (Wildman–Crippen LogP) is -4.40. The van der Waals surface area contributed by atoms with Crippen molar-refractivity contribution in [1.29, 1.82) is 0 Å². The van der Waals surface area contributed by atoms with Crippen molar-refractivity contribution >= 4 is 94.6 Å². The van der Waals surface area contributed by atoms with Gasteiger partial charge in [0.25, 0.3) is 0 Å². The van der Waals surface area contributed by atoms with Crippen LogP contribution in [0.3, 0.4) is 0 Å². The number of nitrogens with one attached hydrogen (secondary N) is 13. The van der Waals surface area contributed by atoms with Crippen LogP contribution in [-0.2, 0) is 96.0 Å². The Kier molecular flexibility index (Phi) is 43.2. The van der Waals surface area contributed by atoms with Crippen molar-refractivity contribution in [3.63, 3.8) is 0 Å². The molecule has 0 saturated carbocycles. The number of carbonyl (C=O) groups excluding carboxylic acids is 15. The molecule has 38 heteroatoms. The van der Waals surface area contributed by atoms with Crippen molar-refractivity contribution < 1.29 is 102 Å². The Morgan fingerprint density at radius 2 is 0.798 bits per heavy atom. The number of rotatable bonds is 52. The zero-order valence-corrected chi connectivity index (χ0v) is 69.0. The number of primary amides is 1. The highest BCUT2D eigenvalue weighted by molar-refractivity contribution is 6.01. The molecule has 4 rings (SSSR count). The average Bonchev–Trinajstić information content (AvgIpc) is 1.69. The molecule has 16 atom stereocenters. The number of aliphatic carboxylic acids is 1. The third-order valence-electron chi connectivity index (χ3n) is 19.9. The van der Waals surface area contributed by atoms with Crippen molar-refractivity contribution in [3.8, 4) is 0 Å². The van der Waals surface area contributed by atoms with E-state index in [0.717, 1.165) is 18.1 Å². The number of hydrogen-bond acceptors (Lipinski definition) is 22. The largest absolute Gasteiger partial charge is 0.480 e. The summed E-state index contributed by atoms with van der Waals surface area (Å²) in [4.78, 5) is 222. The van der Waals surface area contributed by atoms with Crippen molar-refractivity contribution in [2.75, 3.05) is 39.5 Å². The quantitative estimate of drug-likeness (QED) is 0.0237. The maximum Gasteiger partial charge on any atom is 0.326 e. The molecule has 3 aromatic carbocycles. The Morgan fingerprint density at radius 3 is 1.24 bits per heavy atom. The first kappa shape index (κ1) is 100. The van der Waals surface area contributed by atoms with Crippen LogP contribution in [0.4, 0.5) is 0 Å². The number of hydrogen-bond donors (Lipinski definition) is 21. The van der Waals surface area contributed by atoms with Gasteiger partial charge in [-0.25, -0.2) is 4.79 Å². The molecule has 0 spiro atoms. The first-order valence-corrected chi connectivity index (χ1v) is 40.2. The number of carbonyl (C=O) groups is 16. The number of carboxylic acid groups (broad SMARTS) is 1. The summed E-state index contributed by atoms with van der Waals surface area (Å²) < 4.78 is 0. The minimum Gasteiger partial charge on any atom is -0.480 e. The fourth-order valence-electron chi connectivity index (χ4n) is 12.9. The second-order valence-corrected chi connectivity index (χ2v) is 30.9. The van der Waals surface area contributed by atoms with Crippen LogP contribution >= 0.6 is 0 Å². The molecule has 1 heterocycles. The fourth-order valence-corrected chi connectivity index (χ4v) is 12.9. The molecule has 3 aromatic rings. The summed E-state index contributed by atoms with van der Waals surface area (Å²) in [6, 6.07) is 4.11. The lowest BCUT2D eigenvalue weighted by molar-refractivity contribution is -0.143. The van der Waals surface area contributed by atoms with Crippen LogP contribution in [0.1, 0.15) is 143 Å². The van der Waals surface area contributed by atoms with E-state index in [1.165, 1.54) is 4.90 Å². The number of benzene rings is 3. The van der Waals surface area contributed by atoms with E-state index in [4.69, 9.17) is 17.2 Å². The zero-order valence-electron chi connectivity index (χ0n) is 69.0. The Balaban J connectivity index is 1.45. The molecule has 38 nitrogen and oxygen atoms in total. The summed E-state index contributed by atoms with van der Waals surface area (Å²) in [6.45, 7) is 10.5. The van der Waals surface area contributed by atoms with Gasteiger partial charge in [-0.3, -0.25) is 71.9 Å². The molecule has 0 bridgehead atoms. The van der Waals surface area contributed by atoms with E-state index < -0.39 is 230 Å². The van der Waals surface area contributed by atoms with Gasteiger partial charge >= 0.3 is 5.97 Å². The van der Waals surface area contributed by atoms with Gasteiger partial charge in [0.15, 0.2) is 0 Å². The molecule has 1 fully saturated rings. The van der Waals surface area contributed by atoms with Gasteiger partial charge in [0.1, 0.15) is 84.6 Å². The van der Waals surface area contributed by atoms with Crippen LogP contribution in [0.2, 0.25) is 0 Å². The van der Waals surface area contributed by atoms with Crippen LogP contribution in [0.25, 0.3) is 0 Å². The Bertz CT molecular complexity index is 3860. The molecule has 0 aliphatic carbocycles. The first-order chi connectivity index (χ1) is 56.4. The SMILES string of the molecule is CC[C@H](C)[C@H](NC(=O)[C@@H](NC(=O)[C@@H]1CCCN1C(=O)[C@H](Cc1ccccc1)NC(=O)[C@@H](N)Cc1ccccc1)C(C)C)C(=O)N[C@@H](Cc1ccccc1)C(=O)N[C@@H](CO)C(=O)N[C@@H](CCCCN)C(=O)N[C@@H](C)C(=O)N[C@@H](CO)C(=O)N[C@@H](CO)C(=O)N[C@@H](CO)C(=O)N[C@@H](CC(C)C)C(=O)N[C@@H](CCC(N)=O)C(=O)N[C@@H](CC(C)C)C(=O)O. The van der Waals surface area contributed by atoms with Gasteiger partial charge in [-0.1, -0.05) is 153 Å². The number of unbranched alkanes of at least 4 members (excludes halogenated alkanes) is 1. The van der Waals surface area contributed by atoms with E-state index in [1.807, 2.05) is 36.4 Å². The van der Waals surface area contributed by atoms with Crippen LogP contribution in [-0.4, -0.2) is 255 Å². The van der Waals surface area contributed by atoms with Crippen molar-refractivity contribution in [2.45, 2.75) is 236 Å². The van der Waals surface area contributed by atoms with E-state index in [2.05, 4.69) is 69.1 Å². The normalized spacial score (nSPS) is 16.4. The molecule has 24 N–H and O–H groups in total. The smallest absolute Gasteiger partial charge is 0.326 e. The zero-order chi connectivity index (χ0) is 88.8. The predicted molar refractivity (Wildman–Crippen MR) is 434 cm³/mol. The lowest BCUT2D eigenvalue weighted by atomic mass is 9.95. The van der Waals surface area contributed by atoms with Crippen molar-refractivity contribution in [2.24, 2.45) is 40.9 Å². The van der Waals surface area contributed by atoms with Gasteiger partial charge in [-0.15, -0.1) is 0 Å². The standard InChI is InChI=1S/C81H123N17O21/c1-10-47(8)66(97-78(115)65(46(6)7)96-77(114)63-30-22-34-98(63)80(117)57(39-51-27-18-13-19-28-51)90-68(105)52(83)37-49-23-14-11-15-24-49)79(116)89-56(38-50-25-16-12-17-26-50)72(109)93-60(41-100)73(110)86-53(29-20-21-33-82)69(106)85-48(9)67(104)92-59(40-99)75(112)95-62(43-102)76(113)94-61(42-101)74(111)88-55(35-44(2)3)71(108)87-54(31-32-64(84)103)70(107)91-58(81(118)119)36-45(4)5/h11-19,23-28,44-48,52-63,65-66,99-102H,10,20-22,29-43,82-83H2,1-9H3,(H2,84,103)(H,85,106)(H,86,110)(H,87,108)(H,88,111)(H,89,116)(H,90,105)(H,91,107)(H,92,104)(H,93,109)(H,94,113)(H,95,112)(H,96,114)(H,97,115)(H,118,119)/t47-,48-,52-,53-,54-,55-,56-,57-,58-,59-,60-,61-,62-,63-,65-,66-/m0/s1. The molecule has 658 valence electrons. The van der Waals surface area contributed by atoms with E-state index >= 15 is 0 Å². The van der Waals surface area contributed by atoms with Gasteiger partial charge in [-0.2, -0.15) is 0 Å². The third-order valence-corrected chi connectivity index (χ3v) is 19.9. The van der Waals surface area contributed by atoms with Crippen molar-refractivity contribution in [1.82, 2.24) is 74.0 Å². The minimum absolute atomic E-state index is 0.00941. The highest BCUT2D eigenvalue weighted by atomic mass is 16.4. The molecule has 15 amide bonds. The number of nitrogens with zero attached hydrogens (tertiary/aromatic N) is 1. The van der Waals surface area contributed by atoms with Gasteiger partial charge in [0, 0.05) is 25.8 Å². The van der Waals surface area contributed by atoms with Crippen LogP contribution < -0.4 is 86.3 Å². The first-order valence-electron chi connectivity index (χ1n) is 40.2. The lowest BCUT2D eigenvalue weighted by Gasteiger charge is -2.32. The molecule has 1 aliphatic heterocycles. The number of amides is 15. The third kappa shape index (κ3) is 33.7. The minimum atomic E-state index is -1.95. The van der Waals surface area contributed by atoms with E-state index in [1.54, 1.807) is 110 Å². The monoisotopic (exact) mass is 1670 g/mol. The molecule has 0 unspecified atom stereocenters. The van der Waals surface area contributed by atoms with Gasteiger partial charge < -0.3 is 117 Å². The summed E-state index contributed by atoms with van der Waals surface area (Å²) >= 11 is 0. The summed E-state index contributed by atoms with van der Waals surface area (Å²) in [5.41, 5.74) is 19.5. The average molecular weight is 1670 g/mol. The molecule has 1 saturated heterocycles. The van der Waals surface area contributed by atoms with E-state index in [9.17, 15) is 102 Å². The second kappa shape index (κ2) is 51.3. The Morgan fingerprint density at radius 1 is 0.420 bits per heavy atom. The number of carboxylic acids is 1. The van der Waals surface area contributed by atoms with Crippen molar-refractivity contribution in [3.05, 3.63) is 108 Å². The number of aliphatic hydroxyl groups excluding tert-OH is 4. The van der Waals surface area contributed by atoms with Gasteiger partial charge in [0.2, 0.25) is 88.6 Å². The number of aliphatic hydroxyl groups is 4. The lowest BCUT2D eigenvalue weighted by Crippen LogP contribution is -2.62. The molecular formula is C81H123N17O21. The summed E-state index contributed by atoms with van der Waals surface area (Å²) in [5, 5.41) is 83.2. The molecule has 0 radical (unpaired) electrons. The van der Waals surface area contributed by atoms with Gasteiger partial charge in [0.05, 0.1) is 32.5 Å².